The van der Waals surface area contributed by atoms with E-state index in [0.717, 1.165) is 44.5 Å². The van der Waals surface area contributed by atoms with E-state index in [1.54, 1.807) is 17.5 Å². The summed E-state index contributed by atoms with van der Waals surface area (Å²) in [6.07, 6.45) is 8.38. The minimum atomic E-state index is -0.896. The van der Waals surface area contributed by atoms with Crippen LogP contribution in [0.1, 0.15) is 52.4 Å². The molecule has 0 radical (unpaired) electrons. The van der Waals surface area contributed by atoms with E-state index in [2.05, 4.69) is 15.2 Å². The zero-order valence-electron chi connectivity index (χ0n) is 17.0. The van der Waals surface area contributed by atoms with Crippen LogP contribution >= 0.6 is 0 Å². The van der Waals surface area contributed by atoms with Crippen molar-refractivity contribution in [3.8, 4) is 0 Å². The summed E-state index contributed by atoms with van der Waals surface area (Å²) in [6.45, 7) is 6.86. The van der Waals surface area contributed by atoms with Gasteiger partial charge in [0.05, 0.1) is 13.1 Å². The summed E-state index contributed by atoms with van der Waals surface area (Å²) >= 11 is 0. The van der Waals surface area contributed by atoms with Gasteiger partial charge in [0.15, 0.2) is 0 Å². The van der Waals surface area contributed by atoms with Gasteiger partial charge in [0.2, 0.25) is 5.91 Å². The number of nitrogens with one attached hydrogen (secondary N) is 1. The molecule has 2 atom stereocenters. The first kappa shape index (κ1) is 20.6. The van der Waals surface area contributed by atoms with Gasteiger partial charge in [-0.1, -0.05) is 26.7 Å². The number of carbonyl (C=O) groups excluding carboxylic acids is 2. The molecule has 2 fully saturated rings. The topological polar surface area (TPSA) is 74.8 Å². The smallest absolute Gasteiger partial charge is 0.350 e. The molecule has 1 aromatic rings. The Kier molecular flexibility index (Phi) is 6.88. The predicted octanol–water partition coefficient (Wildman–Crippen LogP) is 2.53. The van der Waals surface area contributed by atoms with Gasteiger partial charge in [0.25, 0.3) is 0 Å². The number of pyridine rings is 1. The van der Waals surface area contributed by atoms with Gasteiger partial charge in [0.1, 0.15) is 5.54 Å². The second-order valence-corrected chi connectivity index (χ2v) is 7.92. The first-order chi connectivity index (χ1) is 13.5. The Hall–Kier alpha value is -2.15. The fourth-order valence-corrected chi connectivity index (χ4v) is 4.22. The zero-order valence-corrected chi connectivity index (χ0v) is 17.0. The number of piperazine rings is 1. The molecule has 0 bridgehead atoms. The fourth-order valence-electron chi connectivity index (χ4n) is 4.22. The van der Waals surface area contributed by atoms with Crippen molar-refractivity contribution >= 4 is 17.6 Å². The molecule has 154 valence electrons. The number of hydrogen-bond donors (Lipinski definition) is 1. The van der Waals surface area contributed by atoms with Crippen LogP contribution in [0.25, 0.3) is 0 Å². The van der Waals surface area contributed by atoms with E-state index in [0.29, 0.717) is 25.9 Å². The molecule has 1 saturated carbocycles. The van der Waals surface area contributed by atoms with E-state index in [9.17, 15) is 9.59 Å². The highest BCUT2D eigenvalue weighted by Crippen LogP contribution is 2.35. The summed E-state index contributed by atoms with van der Waals surface area (Å²) in [7, 11) is 0. The number of anilines is 1. The number of hydrogen-bond acceptors (Lipinski definition) is 6. The largest absolute Gasteiger partial charge is 0.369 e. The molecule has 1 saturated heterocycles. The molecule has 28 heavy (non-hydrogen) atoms. The molecule has 2 heterocycles. The molecule has 3 rings (SSSR count). The quantitative estimate of drug-likeness (QED) is 0.807. The molecule has 0 spiro atoms. The van der Waals surface area contributed by atoms with Gasteiger partial charge in [-0.3, -0.25) is 9.78 Å². The van der Waals surface area contributed by atoms with Gasteiger partial charge in [-0.15, -0.1) is 5.06 Å². The van der Waals surface area contributed by atoms with Crippen molar-refractivity contribution in [3.05, 3.63) is 24.5 Å². The van der Waals surface area contributed by atoms with Crippen molar-refractivity contribution in [1.29, 1.82) is 0 Å². The van der Waals surface area contributed by atoms with Crippen molar-refractivity contribution in [1.82, 2.24) is 15.4 Å². The van der Waals surface area contributed by atoms with Crippen LogP contribution in [0, 0.1) is 5.92 Å². The van der Waals surface area contributed by atoms with E-state index in [1.165, 1.54) is 0 Å². The molecule has 1 amide bonds. The third kappa shape index (κ3) is 4.63. The van der Waals surface area contributed by atoms with Crippen molar-refractivity contribution < 1.29 is 14.4 Å². The summed E-state index contributed by atoms with van der Waals surface area (Å²) in [5.74, 6) is -0.287. The second-order valence-electron chi connectivity index (χ2n) is 7.92. The average Bonchev–Trinajstić information content (AvgIpc) is 2.71. The molecule has 1 aromatic heterocycles. The predicted molar refractivity (Wildman–Crippen MR) is 108 cm³/mol. The lowest BCUT2D eigenvalue weighted by atomic mass is 9.73. The lowest BCUT2D eigenvalue weighted by Crippen LogP contribution is -2.62. The van der Waals surface area contributed by atoms with Crippen LogP contribution in [0.4, 0.5) is 5.69 Å². The highest BCUT2D eigenvalue weighted by molar-refractivity contribution is 5.88. The van der Waals surface area contributed by atoms with E-state index >= 15 is 0 Å². The van der Waals surface area contributed by atoms with Crippen LogP contribution in [-0.4, -0.2) is 53.6 Å². The molecule has 2 aliphatic rings. The third-order valence-corrected chi connectivity index (χ3v) is 5.98. The molecular formula is C21H32N4O3. The van der Waals surface area contributed by atoms with Gasteiger partial charge >= 0.3 is 5.97 Å². The number of nitrogens with zero attached hydrogens (tertiary/aromatic N) is 3. The average molecular weight is 389 g/mol. The maximum absolute atomic E-state index is 13.2. The molecule has 2 unspecified atom stereocenters. The Morgan fingerprint density at radius 1 is 1.21 bits per heavy atom. The van der Waals surface area contributed by atoms with Gasteiger partial charge in [0, 0.05) is 37.6 Å². The fraction of sp³-hybridized carbons (Fsp3) is 0.667. The number of aromatic nitrogens is 1. The minimum Gasteiger partial charge on any atom is -0.369 e. The minimum absolute atomic E-state index is 0.0595. The van der Waals surface area contributed by atoms with Crippen LogP contribution < -0.4 is 10.2 Å². The summed E-state index contributed by atoms with van der Waals surface area (Å²) < 4.78 is 0. The Morgan fingerprint density at radius 2 is 1.93 bits per heavy atom. The van der Waals surface area contributed by atoms with Crippen LogP contribution in [-0.2, 0) is 14.4 Å². The first-order valence-corrected chi connectivity index (χ1v) is 10.5. The molecule has 1 aliphatic heterocycles. The van der Waals surface area contributed by atoms with Crippen molar-refractivity contribution in [3.63, 3.8) is 0 Å². The number of rotatable bonds is 6. The molecule has 7 nitrogen and oxygen atoms in total. The number of hydroxylamine groups is 2. The first-order valence-electron chi connectivity index (χ1n) is 10.5. The van der Waals surface area contributed by atoms with Crippen molar-refractivity contribution in [2.45, 2.75) is 57.9 Å². The van der Waals surface area contributed by atoms with Crippen LogP contribution in [0.3, 0.4) is 0 Å². The van der Waals surface area contributed by atoms with E-state index in [-0.39, 0.29) is 17.8 Å². The lowest BCUT2D eigenvalue weighted by Gasteiger charge is -2.42. The maximum atomic E-state index is 13.2. The number of carbonyl (C=O) groups is 2. The van der Waals surface area contributed by atoms with Crippen molar-refractivity contribution in [2.24, 2.45) is 5.92 Å². The highest BCUT2D eigenvalue weighted by atomic mass is 16.7. The van der Waals surface area contributed by atoms with Crippen LogP contribution in [0.2, 0.25) is 0 Å². The molecule has 1 N–H and O–H groups in total. The van der Waals surface area contributed by atoms with Gasteiger partial charge in [-0.05, 0) is 37.3 Å². The van der Waals surface area contributed by atoms with Crippen LogP contribution in [0.5, 0.6) is 0 Å². The van der Waals surface area contributed by atoms with E-state index < -0.39 is 5.54 Å². The summed E-state index contributed by atoms with van der Waals surface area (Å²) in [5, 5.41) is 4.79. The Morgan fingerprint density at radius 3 is 2.57 bits per heavy atom. The lowest BCUT2D eigenvalue weighted by molar-refractivity contribution is -0.204. The summed E-state index contributed by atoms with van der Waals surface area (Å²) in [5.41, 5.74) is 0.234. The molecular weight excluding hydrogens is 356 g/mol. The SMILES string of the molecule is CCCC(=O)NC1(C(=O)ON2CCN(c3ccncc3)CC2)CCCCC1C. The van der Waals surface area contributed by atoms with Crippen LogP contribution in [0.15, 0.2) is 24.5 Å². The zero-order chi connectivity index (χ0) is 20.0. The van der Waals surface area contributed by atoms with Gasteiger partial charge in [-0.2, -0.15) is 0 Å². The third-order valence-electron chi connectivity index (χ3n) is 5.98. The van der Waals surface area contributed by atoms with E-state index in [1.807, 2.05) is 26.0 Å². The molecule has 7 heteroatoms. The highest BCUT2D eigenvalue weighted by Gasteiger charge is 2.48. The maximum Gasteiger partial charge on any atom is 0.350 e. The molecule has 0 aromatic carbocycles. The monoisotopic (exact) mass is 388 g/mol. The number of amides is 1. The van der Waals surface area contributed by atoms with E-state index in [4.69, 9.17) is 4.84 Å². The van der Waals surface area contributed by atoms with Crippen molar-refractivity contribution in [2.75, 3.05) is 31.1 Å². The summed E-state index contributed by atoms with van der Waals surface area (Å²) in [6, 6.07) is 3.98. The standard InChI is InChI=1S/C21H32N4O3/c1-3-6-19(26)23-21(10-5-4-7-17(21)2)20(27)28-25-15-13-24(14-16-25)18-8-11-22-12-9-18/h8-9,11-12,17H,3-7,10,13-16H2,1-2H3,(H,23,26). The summed E-state index contributed by atoms with van der Waals surface area (Å²) in [4.78, 5) is 37.6. The second kappa shape index (κ2) is 9.37. The normalized spacial score (nSPS) is 25.9. The Bertz CT molecular complexity index is 661. The molecule has 1 aliphatic carbocycles. The van der Waals surface area contributed by atoms with Gasteiger partial charge in [-0.25, -0.2) is 4.79 Å². The Labute approximate surface area is 167 Å². The Balaban J connectivity index is 1.61. The van der Waals surface area contributed by atoms with Gasteiger partial charge < -0.3 is 15.1 Å².